The normalized spacial score (nSPS) is 20.6. The van der Waals surface area contributed by atoms with Crippen LogP contribution in [0.15, 0.2) is 0 Å². The molecule has 1 aliphatic heterocycles. The Balaban J connectivity index is 1.84. The Kier molecular flexibility index (Phi) is 3.84. The van der Waals surface area contributed by atoms with Gasteiger partial charge in [-0.15, -0.1) is 0 Å². The van der Waals surface area contributed by atoms with Gasteiger partial charge in [0, 0.05) is 32.3 Å². The van der Waals surface area contributed by atoms with E-state index in [-0.39, 0.29) is 0 Å². The molecule has 1 aromatic rings. The van der Waals surface area contributed by atoms with E-state index in [0.29, 0.717) is 6.10 Å². The highest BCUT2D eigenvalue weighted by Crippen LogP contribution is 2.18. The van der Waals surface area contributed by atoms with Crippen LogP contribution in [0.25, 0.3) is 0 Å². The van der Waals surface area contributed by atoms with E-state index in [4.69, 9.17) is 16.3 Å². The van der Waals surface area contributed by atoms with Gasteiger partial charge in [0.25, 0.3) is 0 Å². The Labute approximate surface area is 101 Å². The average Bonchev–Trinajstić information content (AvgIpc) is 2.82. The fraction of sp³-hybridized carbons (Fsp3) is 0.727. The van der Waals surface area contributed by atoms with Gasteiger partial charge < -0.3 is 10.1 Å². The molecule has 0 saturated carbocycles. The average molecular weight is 244 g/mol. The SMILES string of the molecule is Cc1nn(C)c(Cl)c1CNCC1CCCO1. The zero-order chi connectivity index (χ0) is 11.5. The third-order valence-electron chi connectivity index (χ3n) is 2.97. The van der Waals surface area contributed by atoms with Gasteiger partial charge in [-0.2, -0.15) is 5.10 Å². The lowest BCUT2D eigenvalue weighted by molar-refractivity contribution is 0.110. The van der Waals surface area contributed by atoms with Crippen LogP contribution >= 0.6 is 11.6 Å². The minimum Gasteiger partial charge on any atom is -0.377 e. The van der Waals surface area contributed by atoms with Gasteiger partial charge in [0.2, 0.25) is 0 Å². The summed E-state index contributed by atoms with van der Waals surface area (Å²) in [4.78, 5) is 0. The maximum absolute atomic E-state index is 6.14. The van der Waals surface area contributed by atoms with Crippen molar-refractivity contribution in [2.45, 2.75) is 32.4 Å². The minimum atomic E-state index is 0.371. The van der Waals surface area contributed by atoms with Crippen LogP contribution in [0, 0.1) is 6.92 Å². The molecule has 1 saturated heterocycles. The van der Waals surface area contributed by atoms with Gasteiger partial charge >= 0.3 is 0 Å². The van der Waals surface area contributed by atoms with Crippen molar-refractivity contribution in [2.24, 2.45) is 7.05 Å². The molecule has 90 valence electrons. The number of nitrogens with zero attached hydrogens (tertiary/aromatic N) is 2. The number of nitrogens with one attached hydrogen (secondary N) is 1. The summed E-state index contributed by atoms with van der Waals surface area (Å²) >= 11 is 6.14. The molecule has 0 aromatic carbocycles. The molecule has 1 fully saturated rings. The lowest BCUT2D eigenvalue weighted by Crippen LogP contribution is -2.26. The van der Waals surface area contributed by atoms with Crippen molar-refractivity contribution in [3.05, 3.63) is 16.4 Å². The first-order valence-electron chi connectivity index (χ1n) is 5.68. The zero-order valence-corrected chi connectivity index (χ0v) is 10.5. The predicted octanol–water partition coefficient (Wildman–Crippen LogP) is 1.65. The molecule has 16 heavy (non-hydrogen) atoms. The van der Waals surface area contributed by atoms with E-state index in [1.165, 1.54) is 6.42 Å². The molecule has 0 bridgehead atoms. The van der Waals surface area contributed by atoms with Crippen LogP contribution in [-0.4, -0.2) is 29.0 Å². The second-order valence-electron chi connectivity index (χ2n) is 4.24. The summed E-state index contributed by atoms with van der Waals surface area (Å²) in [5.74, 6) is 0. The van der Waals surface area contributed by atoms with Gasteiger partial charge in [-0.1, -0.05) is 11.6 Å². The van der Waals surface area contributed by atoms with Crippen LogP contribution < -0.4 is 5.32 Å². The highest BCUT2D eigenvalue weighted by Gasteiger charge is 2.16. The second-order valence-corrected chi connectivity index (χ2v) is 4.60. The lowest BCUT2D eigenvalue weighted by atomic mass is 10.2. The molecule has 1 aliphatic rings. The van der Waals surface area contributed by atoms with Crippen molar-refractivity contribution in [3.8, 4) is 0 Å². The highest BCUT2D eigenvalue weighted by molar-refractivity contribution is 6.30. The lowest BCUT2D eigenvalue weighted by Gasteiger charge is -2.10. The monoisotopic (exact) mass is 243 g/mol. The molecule has 0 aliphatic carbocycles. The van der Waals surface area contributed by atoms with Gasteiger partial charge in [-0.05, 0) is 19.8 Å². The summed E-state index contributed by atoms with van der Waals surface area (Å²) in [5, 5.41) is 8.37. The van der Waals surface area contributed by atoms with Gasteiger partial charge in [0.05, 0.1) is 11.8 Å². The summed E-state index contributed by atoms with van der Waals surface area (Å²) in [7, 11) is 1.86. The molecule has 2 rings (SSSR count). The molecule has 0 spiro atoms. The summed E-state index contributed by atoms with van der Waals surface area (Å²) in [6.45, 7) is 4.54. The molecule has 2 heterocycles. The van der Waals surface area contributed by atoms with Crippen LogP contribution in [0.3, 0.4) is 0 Å². The van der Waals surface area contributed by atoms with E-state index in [9.17, 15) is 0 Å². The zero-order valence-electron chi connectivity index (χ0n) is 9.79. The van der Waals surface area contributed by atoms with Crippen LogP contribution in [0.2, 0.25) is 5.15 Å². The standard InChI is InChI=1S/C11H18ClN3O/c1-8-10(11(12)15(2)14-8)7-13-6-9-4-3-5-16-9/h9,13H,3-7H2,1-2H3. The topological polar surface area (TPSA) is 39.1 Å². The smallest absolute Gasteiger partial charge is 0.131 e. The third kappa shape index (κ3) is 2.56. The first kappa shape index (κ1) is 11.9. The molecular weight excluding hydrogens is 226 g/mol. The van der Waals surface area contributed by atoms with Crippen molar-refractivity contribution in [2.75, 3.05) is 13.2 Å². The first-order chi connectivity index (χ1) is 7.68. The number of hydrogen-bond donors (Lipinski definition) is 1. The molecule has 0 amide bonds. The number of rotatable bonds is 4. The van der Waals surface area contributed by atoms with E-state index in [1.807, 2.05) is 14.0 Å². The largest absolute Gasteiger partial charge is 0.377 e. The van der Waals surface area contributed by atoms with Crippen molar-refractivity contribution in [3.63, 3.8) is 0 Å². The maximum atomic E-state index is 6.14. The number of hydrogen-bond acceptors (Lipinski definition) is 3. The van der Waals surface area contributed by atoms with Crippen molar-refractivity contribution in [1.82, 2.24) is 15.1 Å². The van der Waals surface area contributed by atoms with Crippen LogP contribution in [-0.2, 0) is 18.3 Å². The Morgan fingerprint density at radius 2 is 2.44 bits per heavy atom. The Morgan fingerprint density at radius 1 is 1.62 bits per heavy atom. The molecule has 1 unspecified atom stereocenters. The molecule has 0 radical (unpaired) electrons. The molecule has 5 heteroatoms. The number of aryl methyl sites for hydroxylation is 2. The van der Waals surface area contributed by atoms with Crippen LogP contribution in [0.1, 0.15) is 24.1 Å². The second kappa shape index (κ2) is 5.17. The summed E-state index contributed by atoms with van der Waals surface area (Å²) in [5.41, 5.74) is 2.08. The number of halogens is 1. The fourth-order valence-corrected chi connectivity index (χ4v) is 2.28. The van der Waals surface area contributed by atoms with E-state index < -0.39 is 0 Å². The molecular formula is C11H18ClN3O. The highest BCUT2D eigenvalue weighted by atomic mass is 35.5. The Morgan fingerprint density at radius 3 is 3.00 bits per heavy atom. The van der Waals surface area contributed by atoms with Gasteiger partial charge in [0.1, 0.15) is 5.15 Å². The van der Waals surface area contributed by atoms with Crippen LogP contribution in [0.5, 0.6) is 0 Å². The van der Waals surface area contributed by atoms with Crippen molar-refractivity contribution >= 4 is 11.6 Å². The van der Waals surface area contributed by atoms with E-state index >= 15 is 0 Å². The van der Waals surface area contributed by atoms with Gasteiger partial charge in [0.15, 0.2) is 0 Å². The van der Waals surface area contributed by atoms with E-state index in [1.54, 1.807) is 4.68 Å². The predicted molar refractivity (Wildman–Crippen MR) is 63.6 cm³/mol. The first-order valence-corrected chi connectivity index (χ1v) is 6.06. The molecule has 1 atom stereocenters. The summed E-state index contributed by atoms with van der Waals surface area (Å²) < 4.78 is 7.25. The van der Waals surface area contributed by atoms with Gasteiger partial charge in [-0.3, -0.25) is 4.68 Å². The summed E-state index contributed by atoms with van der Waals surface area (Å²) in [6, 6.07) is 0. The number of ether oxygens (including phenoxy) is 1. The molecule has 4 nitrogen and oxygen atoms in total. The molecule has 1 N–H and O–H groups in total. The fourth-order valence-electron chi connectivity index (χ4n) is 2.04. The maximum Gasteiger partial charge on any atom is 0.131 e. The molecule has 1 aromatic heterocycles. The van der Waals surface area contributed by atoms with Crippen LogP contribution in [0.4, 0.5) is 0 Å². The van der Waals surface area contributed by atoms with Crippen molar-refractivity contribution in [1.29, 1.82) is 0 Å². The number of aromatic nitrogens is 2. The van der Waals surface area contributed by atoms with Crippen molar-refractivity contribution < 1.29 is 4.74 Å². The summed E-state index contributed by atoms with van der Waals surface area (Å²) in [6.07, 6.45) is 2.71. The van der Waals surface area contributed by atoms with Gasteiger partial charge in [-0.25, -0.2) is 0 Å². The Hall–Kier alpha value is -0.580. The Bertz CT molecular complexity index is 358. The van der Waals surface area contributed by atoms with E-state index in [0.717, 1.165) is 42.5 Å². The third-order valence-corrected chi connectivity index (χ3v) is 3.44. The minimum absolute atomic E-state index is 0.371. The quantitative estimate of drug-likeness (QED) is 0.874. The van der Waals surface area contributed by atoms with E-state index in [2.05, 4.69) is 10.4 Å².